The molecule has 6 nitrogen and oxygen atoms in total. The van der Waals surface area contributed by atoms with Crippen molar-refractivity contribution in [1.29, 1.82) is 0 Å². The summed E-state index contributed by atoms with van der Waals surface area (Å²) in [6.07, 6.45) is 1.69. The molecule has 1 aromatic carbocycles. The van der Waals surface area contributed by atoms with Crippen LogP contribution in [0.1, 0.15) is 39.2 Å². The van der Waals surface area contributed by atoms with Crippen LogP contribution in [0.2, 0.25) is 0 Å². The van der Waals surface area contributed by atoms with E-state index in [0.29, 0.717) is 6.54 Å². The van der Waals surface area contributed by atoms with Gasteiger partial charge in [-0.05, 0) is 18.4 Å². The van der Waals surface area contributed by atoms with Crippen molar-refractivity contribution in [2.75, 3.05) is 11.9 Å². The van der Waals surface area contributed by atoms with Gasteiger partial charge in [-0.25, -0.2) is 0 Å². The number of carbonyl (C=O) groups is 3. The van der Waals surface area contributed by atoms with E-state index in [2.05, 4.69) is 10.6 Å². The van der Waals surface area contributed by atoms with E-state index in [1.54, 1.807) is 0 Å². The number of nitrogens with one attached hydrogen (secondary N) is 2. The van der Waals surface area contributed by atoms with E-state index in [1.165, 1.54) is 4.90 Å². The fraction of sp³-hybridized carbons (Fsp3) is 0.550. The molecule has 1 aromatic rings. The molecule has 3 amide bonds. The first-order valence-corrected chi connectivity index (χ1v) is 9.47. The smallest absolute Gasteiger partial charge is 0.250 e. The quantitative estimate of drug-likeness (QED) is 0.808. The van der Waals surface area contributed by atoms with Gasteiger partial charge in [0.15, 0.2) is 0 Å². The zero-order valence-electron chi connectivity index (χ0n) is 15.4. The van der Waals surface area contributed by atoms with Gasteiger partial charge in [0.1, 0.15) is 5.54 Å². The molecule has 2 N–H and O–H groups in total. The molecular weight excluding hydrogens is 330 g/mol. The van der Waals surface area contributed by atoms with Crippen molar-refractivity contribution in [3.63, 3.8) is 0 Å². The van der Waals surface area contributed by atoms with Crippen LogP contribution in [0.15, 0.2) is 24.3 Å². The van der Waals surface area contributed by atoms with Crippen LogP contribution in [0.25, 0.3) is 0 Å². The highest BCUT2D eigenvalue weighted by Gasteiger charge is 2.70. The number of para-hydroxylation sites is 1. The number of likely N-dealkylation sites (tertiary alicyclic amines) is 1. The van der Waals surface area contributed by atoms with Gasteiger partial charge in [-0.1, -0.05) is 45.4 Å². The van der Waals surface area contributed by atoms with E-state index in [1.807, 2.05) is 45.0 Å². The standard InChI is InChI=1S/C20H25N3O3/c1-4-5-10-23-17(24)14-15(18(23)25)20(22-16(14)11(2)3)12-8-6-7-9-13(12)21-19(20)26/h6-9,11,14-16,22H,4-5,10H2,1-3H3,(H,21,26). The first-order chi connectivity index (χ1) is 12.4. The van der Waals surface area contributed by atoms with Gasteiger partial charge in [0.05, 0.1) is 11.8 Å². The van der Waals surface area contributed by atoms with Crippen LogP contribution < -0.4 is 10.6 Å². The lowest BCUT2D eigenvalue weighted by atomic mass is 9.76. The van der Waals surface area contributed by atoms with Gasteiger partial charge in [0, 0.05) is 23.8 Å². The van der Waals surface area contributed by atoms with Gasteiger partial charge in [-0.15, -0.1) is 0 Å². The van der Waals surface area contributed by atoms with Crippen LogP contribution in [-0.4, -0.2) is 35.2 Å². The Morgan fingerprint density at radius 2 is 1.88 bits per heavy atom. The molecule has 0 radical (unpaired) electrons. The second kappa shape index (κ2) is 5.91. The molecule has 2 fully saturated rings. The van der Waals surface area contributed by atoms with E-state index < -0.39 is 17.4 Å². The fourth-order valence-corrected chi connectivity index (χ4v) is 4.86. The summed E-state index contributed by atoms with van der Waals surface area (Å²) in [7, 11) is 0. The highest BCUT2D eigenvalue weighted by atomic mass is 16.2. The van der Waals surface area contributed by atoms with Crippen LogP contribution >= 0.6 is 0 Å². The van der Waals surface area contributed by atoms with Gasteiger partial charge in [-0.2, -0.15) is 0 Å². The number of nitrogens with zero attached hydrogens (tertiary/aromatic N) is 1. The minimum absolute atomic E-state index is 0.130. The molecule has 1 spiro atoms. The normalized spacial score (nSPS) is 32.5. The Balaban J connectivity index is 1.85. The molecule has 2 saturated heterocycles. The van der Waals surface area contributed by atoms with Gasteiger partial charge in [-0.3, -0.25) is 24.6 Å². The SMILES string of the molecule is CCCCN1C(=O)C2C(C(C)C)NC3(C(=O)Nc4ccccc43)C2C1=O. The Morgan fingerprint density at radius 1 is 1.15 bits per heavy atom. The van der Waals surface area contributed by atoms with Crippen molar-refractivity contribution in [3.05, 3.63) is 29.8 Å². The number of hydrogen-bond acceptors (Lipinski definition) is 4. The monoisotopic (exact) mass is 355 g/mol. The third kappa shape index (κ3) is 2.05. The van der Waals surface area contributed by atoms with E-state index >= 15 is 0 Å². The van der Waals surface area contributed by atoms with Crippen molar-refractivity contribution in [3.8, 4) is 0 Å². The Morgan fingerprint density at radius 3 is 2.58 bits per heavy atom. The molecule has 138 valence electrons. The highest BCUT2D eigenvalue weighted by Crippen LogP contribution is 2.53. The lowest BCUT2D eigenvalue weighted by Gasteiger charge is -2.30. The molecular formula is C20H25N3O3. The van der Waals surface area contributed by atoms with Crippen LogP contribution in [0.3, 0.4) is 0 Å². The molecule has 3 aliphatic rings. The molecule has 0 saturated carbocycles. The summed E-state index contributed by atoms with van der Waals surface area (Å²) in [6, 6.07) is 7.25. The minimum atomic E-state index is -1.15. The molecule has 0 aliphatic carbocycles. The molecule has 0 bridgehead atoms. The summed E-state index contributed by atoms with van der Waals surface area (Å²) in [5.41, 5.74) is 0.353. The van der Waals surface area contributed by atoms with Gasteiger partial charge in [0.25, 0.3) is 0 Å². The molecule has 6 heteroatoms. The number of amides is 3. The predicted octanol–water partition coefficient (Wildman–Crippen LogP) is 1.86. The van der Waals surface area contributed by atoms with Crippen LogP contribution in [-0.2, 0) is 19.9 Å². The van der Waals surface area contributed by atoms with E-state index in [0.717, 1.165) is 24.1 Å². The van der Waals surface area contributed by atoms with Crippen molar-refractivity contribution >= 4 is 23.4 Å². The fourth-order valence-electron chi connectivity index (χ4n) is 4.86. The van der Waals surface area contributed by atoms with Crippen LogP contribution in [0.5, 0.6) is 0 Å². The second-order valence-electron chi connectivity index (χ2n) is 7.91. The number of hydrogen-bond donors (Lipinski definition) is 2. The Hall–Kier alpha value is -2.21. The van der Waals surface area contributed by atoms with E-state index in [9.17, 15) is 14.4 Å². The second-order valence-corrected chi connectivity index (χ2v) is 7.91. The lowest BCUT2D eigenvalue weighted by molar-refractivity contribution is -0.143. The maximum absolute atomic E-state index is 13.3. The summed E-state index contributed by atoms with van der Waals surface area (Å²) < 4.78 is 0. The highest BCUT2D eigenvalue weighted by molar-refractivity contribution is 6.15. The van der Waals surface area contributed by atoms with Crippen molar-refractivity contribution in [2.45, 2.75) is 45.2 Å². The first kappa shape index (κ1) is 17.2. The maximum atomic E-state index is 13.3. The number of anilines is 1. The van der Waals surface area contributed by atoms with E-state index in [-0.39, 0.29) is 29.7 Å². The van der Waals surface area contributed by atoms with E-state index in [4.69, 9.17) is 0 Å². The third-order valence-corrected chi connectivity index (χ3v) is 6.10. The average molecular weight is 355 g/mol. The zero-order chi connectivity index (χ0) is 18.6. The summed E-state index contributed by atoms with van der Waals surface area (Å²) in [4.78, 5) is 40.9. The summed E-state index contributed by atoms with van der Waals surface area (Å²) in [5.74, 6) is -1.61. The molecule has 4 unspecified atom stereocenters. The Kier molecular flexibility index (Phi) is 3.91. The molecule has 26 heavy (non-hydrogen) atoms. The number of unbranched alkanes of at least 4 members (excludes halogenated alkanes) is 1. The molecule has 4 rings (SSSR count). The molecule has 3 heterocycles. The topological polar surface area (TPSA) is 78.5 Å². The molecule has 3 aliphatic heterocycles. The predicted molar refractivity (Wildman–Crippen MR) is 97.1 cm³/mol. The van der Waals surface area contributed by atoms with Gasteiger partial charge < -0.3 is 5.32 Å². The zero-order valence-corrected chi connectivity index (χ0v) is 15.4. The molecule has 4 atom stereocenters. The van der Waals surface area contributed by atoms with Gasteiger partial charge >= 0.3 is 0 Å². The summed E-state index contributed by atoms with van der Waals surface area (Å²) >= 11 is 0. The van der Waals surface area contributed by atoms with Crippen LogP contribution in [0, 0.1) is 17.8 Å². The largest absolute Gasteiger partial charge is 0.324 e. The summed E-state index contributed by atoms with van der Waals surface area (Å²) in [5, 5.41) is 6.34. The van der Waals surface area contributed by atoms with Crippen molar-refractivity contribution in [1.82, 2.24) is 10.2 Å². The Bertz CT molecular complexity index is 790. The maximum Gasteiger partial charge on any atom is 0.250 e. The number of carbonyl (C=O) groups excluding carboxylic acids is 3. The van der Waals surface area contributed by atoms with Crippen LogP contribution in [0.4, 0.5) is 5.69 Å². The minimum Gasteiger partial charge on any atom is -0.324 e. The lowest BCUT2D eigenvalue weighted by Crippen LogP contribution is -2.54. The molecule has 0 aromatic heterocycles. The number of rotatable bonds is 4. The van der Waals surface area contributed by atoms with Crippen molar-refractivity contribution < 1.29 is 14.4 Å². The third-order valence-electron chi connectivity index (χ3n) is 6.10. The summed E-state index contributed by atoms with van der Waals surface area (Å²) in [6.45, 7) is 6.52. The number of fused-ring (bicyclic) bond motifs is 4. The Labute approximate surface area is 153 Å². The number of imide groups is 1. The van der Waals surface area contributed by atoms with Crippen molar-refractivity contribution in [2.24, 2.45) is 17.8 Å². The first-order valence-electron chi connectivity index (χ1n) is 9.47. The average Bonchev–Trinajstić information content (AvgIpc) is 3.20. The van der Waals surface area contributed by atoms with Gasteiger partial charge in [0.2, 0.25) is 17.7 Å². The number of benzene rings is 1.